The second-order valence-electron chi connectivity index (χ2n) is 4.92. The number of hydrogen-bond acceptors (Lipinski definition) is 3. The van der Waals surface area contributed by atoms with Crippen LogP contribution in [0.3, 0.4) is 0 Å². The third kappa shape index (κ3) is 3.78. The summed E-state index contributed by atoms with van der Waals surface area (Å²) in [4.78, 5) is 16.4. The van der Waals surface area contributed by atoms with Gasteiger partial charge in [0, 0.05) is 37.2 Å². The van der Waals surface area contributed by atoms with Crippen molar-refractivity contribution < 1.29 is 9.90 Å². The van der Waals surface area contributed by atoms with E-state index in [-0.39, 0.29) is 12.0 Å². The van der Waals surface area contributed by atoms with Crippen LogP contribution in [0.2, 0.25) is 0 Å². The Kier molecular flexibility index (Phi) is 4.96. The number of halogens is 1. The monoisotopic (exact) mass is 326 g/mol. The molecule has 1 saturated heterocycles. The summed E-state index contributed by atoms with van der Waals surface area (Å²) in [7, 11) is 0. The smallest absolute Gasteiger partial charge is 0.255 e. The lowest BCUT2D eigenvalue weighted by Gasteiger charge is -2.35. The number of benzene rings is 1. The Balaban J connectivity index is 1.95. The molecule has 5 heteroatoms. The summed E-state index contributed by atoms with van der Waals surface area (Å²) in [5, 5.41) is 9.37. The van der Waals surface area contributed by atoms with Crippen LogP contribution in [-0.2, 0) is 0 Å². The Labute approximate surface area is 122 Å². The van der Waals surface area contributed by atoms with E-state index in [0.717, 1.165) is 17.6 Å². The average Bonchev–Trinajstić information content (AvgIpc) is 2.39. The first-order valence-electron chi connectivity index (χ1n) is 6.52. The summed E-state index contributed by atoms with van der Waals surface area (Å²) < 4.78 is 0.839. The number of piperazine rings is 1. The normalized spacial score (nSPS) is 18.4. The number of amides is 1. The van der Waals surface area contributed by atoms with Crippen molar-refractivity contribution in [3.8, 4) is 0 Å². The highest BCUT2D eigenvalue weighted by Gasteiger charge is 2.23. The molecule has 1 heterocycles. The maximum absolute atomic E-state index is 12.4. The van der Waals surface area contributed by atoms with Crippen LogP contribution >= 0.6 is 15.9 Å². The first-order chi connectivity index (χ1) is 9.08. The topological polar surface area (TPSA) is 43.8 Å². The van der Waals surface area contributed by atoms with E-state index >= 15 is 0 Å². The molecule has 19 heavy (non-hydrogen) atoms. The molecule has 1 aromatic rings. The van der Waals surface area contributed by atoms with Crippen LogP contribution in [-0.4, -0.2) is 59.6 Å². The molecular formula is C14H19BrN2O2. The minimum Gasteiger partial charge on any atom is -0.392 e. The lowest BCUT2D eigenvalue weighted by molar-refractivity contribution is 0.0553. The largest absolute Gasteiger partial charge is 0.392 e. The number of carbonyl (C=O) groups excluding carboxylic acids is 1. The highest BCUT2D eigenvalue weighted by atomic mass is 79.9. The van der Waals surface area contributed by atoms with Gasteiger partial charge in [0.1, 0.15) is 0 Å². The number of aliphatic hydroxyl groups excluding tert-OH is 1. The summed E-state index contributed by atoms with van der Waals surface area (Å²) >= 11 is 3.42. The molecule has 1 amide bonds. The Bertz CT molecular complexity index is 443. The van der Waals surface area contributed by atoms with Crippen LogP contribution in [0.25, 0.3) is 0 Å². The van der Waals surface area contributed by atoms with E-state index in [0.29, 0.717) is 25.2 Å². The summed E-state index contributed by atoms with van der Waals surface area (Å²) in [5.74, 6) is 0.0733. The van der Waals surface area contributed by atoms with E-state index in [9.17, 15) is 9.90 Å². The molecule has 0 aliphatic carbocycles. The van der Waals surface area contributed by atoms with Gasteiger partial charge in [-0.2, -0.15) is 0 Å². The number of β-amino-alcohol motifs (C(OH)–C–C–N with tert-alkyl or cyclic N) is 1. The van der Waals surface area contributed by atoms with E-state index < -0.39 is 0 Å². The SMILES string of the molecule is C[C@@H](O)CN1CCN(C(=O)c2ccccc2Br)CC1. The van der Waals surface area contributed by atoms with Crippen molar-refractivity contribution in [2.24, 2.45) is 0 Å². The Morgan fingerprint density at radius 3 is 2.53 bits per heavy atom. The number of nitrogens with zero attached hydrogens (tertiary/aromatic N) is 2. The molecule has 0 aromatic heterocycles. The van der Waals surface area contributed by atoms with Crippen molar-refractivity contribution in [3.63, 3.8) is 0 Å². The van der Waals surface area contributed by atoms with Crippen LogP contribution in [0.5, 0.6) is 0 Å². The lowest BCUT2D eigenvalue weighted by Crippen LogP contribution is -2.50. The van der Waals surface area contributed by atoms with Crippen molar-refractivity contribution in [2.45, 2.75) is 13.0 Å². The van der Waals surface area contributed by atoms with Crippen LogP contribution < -0.4 is 0 Å². The zero-order valence-electron chi connectivity index (χ0n) is 11.1. The molecule has 1 fully saturated rings. The van der Waals surface area contributed by atoms with Crippen LogP contribution in [0, 0.1) is 0 Å². The molecule has 1 aromatic carbocycles. The second-order valence-corrected chi connectivity index (χ2v) is 5.78. The average molecular weight is 327 g/mol. The molecule has 1 aliphatic rings. The molecule has 4 nitrogen and oxygen atoms in total. The fourth-order valence-corrected chi connectivity index (χ4v) is 2.77. The van der Waals surface area contributed by atoms with Gasteiger partial charge in [0.05, 0.1) is 11.7 Å². The van der Waals surface area contributed by atoms with Gasteiger partial charge in [-0.05, 0) is 35.0 Å². The number of rotatable bonds is 3. The molecule has 2 rings (SSSR count). The Morgan fingerprint density at radius 2 is 1.95 bits per heavy atom. The third-order valence-electron chi connectivity index (χ3n) is 3.29. The van der Waals surface area contributed by atoms with Crippen molar-refractivity contribution >= 4 is 21.8 Å². The van der Waals surface area contributed by atoms with Crippen molar-refractivity contribution in [2.75, 3.05) is 32.7 Å². The first-order valence-corrected chi connectivity index (χ1v) is 7.31. The fraction of sp³-hybridized carbons (Fsp3) is 0.500. The van der Waals surface area contributed by atoms with Gasteiger partial charge in [-0.3, -0.25) is 9.69 Å². The molecule has 1 atom stereocenters. The van der Waals surface area contributed by atoms with Gasteiger partial charge in [0.25, 0.3) is 5.91 Å². The Hall–Kier alpha value is -0.910. The number of carbonyl (C=O) groups is 1. The van der Waals surface area contributed by atoms with Crippen LogP contribution in [0.1, 0.15) is 17.3 Å². The molecule has 104 valence electrons. The quantitative estimate of drug-likeness (QED) is 0.917. The standard InChI is InChI=1S/C14H19BrN2O2/c1-11(18)10-16-6-8-17(9-7-16)14(19)12-4-2-3-5-13(12)15/h2-5,11,18H,6-10H2,1H3/t11-/m1/s1. The van der Waals surface area contributed by atoms with E-state index in [4.69, 9.17) is 0 Å². The van der Waals surface area contributed by atoms with Gasteiger partial charge in [-0.15, -0.1) is 0 Å². The van der Waals surface area contributed by atoms with Gasteiger partial charge in [0.15, 0.2) is 0 Å². The third-order valence-corrected chi connectivity index (χ3v) is 3.98. The zero-order valence-corrected chi connectivity index (χ0v) is 12.6. The maximum atomic E-state index is 12.4. The fourth-order valence-electron chi connectivity index (χ4n) is 2.31. The lowest BCUT2D eigenvalue weighted by atomic mass is 10.2. The van der Waals surface area contributed by atoms with E-state index in [2.05, 4.69) is 20.8 Å². The van der Waals surface area contributed by atoms with Gasteiger partial charge in [-0.1, -0.05) is 12.1 Å². The van der Waals surface area contributed by atoms with Crippen molar-refractivity contribution in [1.29, 1.82) is 0 Å². The number of hydrogen-bond donors (Lipinski definition) is 1. The molecule has 0 radical (unpaired) electrons. The predicted molar refractivity (Wildman–Crippen MR) is 78.2 cm³/mol. The Morgan fingerprint density at radius 1 is 1.32 bits per heavy atom. The van der Waals surface area contributed by atoms with E-state index in [1.54, 1.807) is 6.92 Å². The highest BCUT2D eigenvalue weighted by molar-refractivity contribution is 9.10. The van der Waals surface area contributed by atoms with Gasteiger partial charge in [0.2, 0.25) is 0 Å². The van der Waals surface area contributed by atoms with Gasteiger partial charge < -0.3 is 10.0 Å². The summed E-state index contributed by atoms with van der Waals surface area (Å²) in [5.41, 5.74) is 0.714. The molecule has 0 saturated carbocycles. The van der Waals surface area contributed by atoms with Crippen LogP contribution in [0.4, 0.5) is 0 Å². The van der Waals surface area contributed by atoms with Crippen molar-refractivity contribution in [1.82, 2.24) is 9.80 Å². The van der Waals surface area contributed by atoms with Crippen LogP contribution in [0.15, 0.2) is 28.7 Å². The maximum Gasteiger partial charge on any atom is 0.255 e. The molecule has 0 unspecified atom stereocenters. The van der Waals surface area contributed by atoms with Crippen molar-refractivity contribution in [3.05, 3.63) is 34.3 Å². The minimum absolute atomic E-state index is 0.0733. The summed E-state index contributed by atoms with van der Waals surface area (Å²) in [6, 6.07) is 7.51. The zero-order chi connectivity index (χ0) is 13.8. The molecule has 1 aliphatic heterocycles. The molecule has 1 N–H and O–H groups in total. The van der Waals surface area contributed by atoms with Gasteiger partial charge >= 0.3 is 0 Å². The molecule has 0 bridgehead atoms. The summed E-state index contributed by atoms with van der Waals surface area (Å²) in [6.07, 6.45) is -0.314. The molecule has 0 spiro atoms. The number of aliphatic hydroxyl groups is 1. The van der Waals surface area contributed by atoms with E-state index in [1.165, 1.54) is 0 Å². The minimum atomic E-state index is -0.314. The highest BCUT2D eigenvalue weighted by Crippen LogP contribution is 2.18. The molecular weight excluding hydrogens is 308 g/mol. The predicted octanol–water partition coefficient (Wildman–Crippen LogP) is 1.59. The van der Waals surface area contributed by atoms with Gasteiger partial charge in [-0.25, -0.2) is 0 Å². The second kappa shape index (κ2) is 6.50. The van der Waals surface area contributed by atoms with E-state index in [1.807, 2.05) is 29.2 Å². The first kappa shape index (κ1) is 14.5. The summed E-state index contributed by atoms with van der Waals surface area (Å²) in [6.45, 7) is 5.54.